The molecule has 0 bridgehead atoms. The summed E-state index contributed by atoms with van der Waals surface area (Å²) in [7, 11) is 0. The van der Waals surface area contributed by atoms with E-state index in [4.69, 9.17) is 0 Å². The quantitative estimate of drug-likeness (QED) is 0.481. The van der Waals surface area contributed by atoms with Gasteiger partial charge in [-0.15, -0.1) is 0 Å². The normalized spacial score (nSPS) is 44.6. The average Bonchev–Trinajstić information content (AvgIpc) is 3.06. The van der Waals surface area contributed by atoms with E-state index in [2.05, 4.69) is 53.7 Å². The summed E-state index contributed by atoms with van der Waals surface area (Å²) in [5, 5.41) is 10.2. The molecule has 0 aromatic carbocycles. The smallest absolute Gasteiger partial charge is 0.159 e. The van der Waals surface area contributed by atoms with Crippen LogP contribution in [0.4, 0.5) is 0 Å². The number of fused-ring (bicyclic) bond motifs is 5. The van der Waals surface area contributed by atoms with Crippen molar-refractivity contribution >= 4 is 5.78 Å². The Hall–Kier alpha value is -0.890. The number of aliphatic hydroxyl groups is 1. The van der Waals surface area contributed by atoms with Crippen molar-refractivity contribution in [3.63, 3.8) is 0 Å². The van der Waals surface area contributed by atoms with Crippen molar-refractivity contribution in [3.05, 3.63) is 23.8 Å². The molecule has 0 spiro atoms. The summed E-state index contributed by atoms with van der Waals surface area (Å²) in [5.41, 5.74) is 1.68. The lowest BCUT2D eigenvalue weighted by Gasteiger charge is -2.57. The minimum absolute atomic E-state index is 0.133. The molecule has 4 aliphatic rings. The van der Waals surface area contributed by atoms with Gasteiger partial charge in [-0.1, -0.05) is 59.3 Å². The molecular formula is C29H46O2. The molecule has 174 valence electrons. The summed E-state index contributed by atoms with van der Waals surface area (Å²) in [4.78, 5) is 13.5. The van der Waals surface area contributed by atoms with Crippen LogP contribution in [0.15, 0.2) is 23.8 Å². The van der Waals surface area contributed by atoms with Crippen LogP contribution < -0.4 is 0 Å². The lowest BCUT2D eigenvalue weighted by Crippen LogP contribution is -2.53. The van der Waals surface area contributed by atoms with Gasteiger partial charge in [0, 0.05) is 5.92 Å². The van der Waals surface area contributed by atoms with Crippen LogP contribution in [0.25, 0.3) is 0 Å². The van der Waals surface area contributed by atoms with Gasteiger partial charge >= 0.3 is 0 Å². The third-order valence-corrected chi connectivity index (χ3v) is 10.6. The predicted octanol–water partition coefficient (Wildman–Crippen LogP) is 6.98. The zero-order valence-electron chi connectivity index (χ0n) is 20.9. The number of aliphatic hydroxyl groups excluding tert-OH is 1. The summed E-state index contributed by atoms with van der Waals surface area (Å²) >= 11 is 0. The first-order valence-electron chi connectivity index (χ1n) is 13.2. The number of allylic oxidation sites excluding steroid dienone is 3. The Morgan fingerprint density at radius 3 is 2.48 bits per heavy atom. The second kappa shape index (κ2) is 8.47. The second-order valence-corrected chi connectivity index (χ2v) is 12.4. The molecule has 0 aromatic heterocycles. The van der Waals surface area contributed by atoms with Gasteiger partial charge in [0.2, 0.25) is 0 Å². The molecular weight excluding hydrogens is 380 g/mol. The molecule has 0 amide bonds. The van der Waals surface area contributed by atoms with E-state index < -0.39 is 0 Å². The first-order valence-corrected chi connectivity index (χ1v) is 13.2. The minimum Gasteiger partial charge on any atom is -0.393 e. The van der Waals surface area contributed by atoms with Crippen LogP contribution in [-0.2, 0) is 4.79 Å². The Bertz CT molecular complexity index is 748. The van der Waals surface area contributed by atoms with Crippen LogP contribution in [0.3, 0.4) is 0 Å². The van der Waals surface area contributed by atoms with Crippen LogP contribution >= 0.6 is 0 Å². The van der Waals surface area contributed by atoms with Crippen molar-refractivity contribution in [1.29, 1.82) is 0 Å². The third kappa shape index (κ3) is 3.79. The molecule has 2 nitrogen and oxygen atoms in total. The summed E-state index contributed by atoms with van der Waals surface area (Å²) in [6.45, 7) is 14.3. The van der Waals surface area contributed by atoms with Gasteiger partial charge in [0.25, 0.3) is 0 Å². The highest BCUT2D eigenvalue weighted by Gasteiger charge is 2.61. The van der Waals surface area contributed by atoms with E-state index in [-0.39, 0.29) is 22.9 Å². The number of hydrogen-bond donors (Lipinski definition) is 1. The van der Waals surface area contributed by atoms with E-state index in [1.54, 1.807) is 0 Å². The van der Waals surface area contributed by atoms with E-state index in [9.17, 15) is 9.90 Å². The Labute approximate surface area is 191 Å². The van der Waals surface area contributed by atoms with Crippen molar-refractivity contribution in [2.24, 2.45) is 52.3 Å². The Morgan fingerprint density at radius 2 is 1.81 bits per heavy atom. The van der Waals surface area contributed by atoms with Crippen LogP contribution in [-0.4, -0.2) is 17.0 Å². The molecule has 3 saturated carbocycles. The Kier molecular flexibility index (Phi) is 6.36. The molecule has 1 N–H and O–H groups in total. The monoisotopic (exact) mass is 426 g/mol. The fourth-order valence-electron chi connectivity index (χ4n) is 8.57. The van der Waals surface area contributed by atoms with E-state index in [1.807, 2.05) is 6.08 Å². The van der Waals surface area contributed by atoms with Crippen LogP contribution in [0.5, 0.6) is 0 Å². The van der Waals surface area contributed by atoms with Crippen LogP contribution in [0, 0.1) is 52.3 Å². The first-order chi connectivity index (χ1) is 14.6. The van der Waals surface area contributed by atoms with Gasteiger partial charge in [-0.05, 0) is 104 Å². The zero-order valence-corrected chi connectivity index (χ0v) is 20.9. The highest BCUT2D eigenvalue weighted by atomic mass is 16.3. The van der Waals surface area contributed by atoms with Gasteiger partial charge in [-0.2, -0.15) is 0 Å². The lowest BCUT2D eigenvalue weighted by atomic mass is 9.46. The molecule has 4 aliphatic carbocycles. The van der Waals surface area contributed by atoms with E-state index in [1.165, 1.54) is 37.7 Å². The minimum atomic E-state index is -0.251. The molecule has 3 fully saturated rings. The molecule has 0 aromatic rings. The van der Waals surface area contributed by atoms with Crippen molar-refractivity contribution in [2.45, 2.75) is 99.0 Å². The summed E-state index contributed by atoms with van der Waals surface area (Å²) in [6, 6.07) is 0. The van der Waals surface area contributed by atoms with E-state index in [0.717, 1.165) is 12.8 Å². The topological polar surface area (TPSA) is 37.3 Å². The molecule has 9 atom stereocenters. The third-order valence-electron chi connectivity index (χ3n) is 10.6. The number of hydrogen-bond acceptors (Lipinski definition) is 2. The zero-order chi connectivity index (χ0) is 22.6. The van der Waals surface area contributed by atoms with Gasteiger partial charge in [0.15, 0.2) is 5.78 Å². The molecule has 0 heterocycles. The van der Waals surface area contributed by atoms with E-state index in [0.29, 0.717) is 47.7 Å². The standard InChI is InChI=1S/C29H46O2/c1-7-20(18(2)3)9-8-19(4)23-10-11-24-27-25(13-15-29(23,24)6)28(5)14-12-22(30)16-21(28)17-26(27)31/h8-9,17-20,22-25,27,30H,7,10-16H2,1-6H3/b9-8-. The van der Waals surface area contributed by atoms with Gasteiger partial charge in [0.05, 0.1) is 6.10 Å². The maximum absolute atomic E-state index is 13.5. The second-order valence-electron chi connectivity index (χ2n) is 12.4. The SMILES string of the molecule is CCC(/C=C\C(C)C1CCC2C3C(=O)C=C4CC(O)CCC4(C)C3CCC12C)C(C)C. The highest BCUT2D eigenvalue weighted by Crippen LogP contribution is 2.66. The number of ketones is 1. The first kappa shape index (κ1) is 23.3. The molecule has 2 heteroatoms. The average molecular weight is 427 g/mol. The molecule has 0 radical (unpaired) electrons. The van der Waals surface area contributed by atoms with Crippen molar-refractivity contribution in [3.8, 4) is 0 Å². The fourth-order valence-corrected chi connectivity index (χ4v) is 8.57. The molecule has 31 heavy (non-hydrogen) atoms. The molecule has 9 unspecified atom stereocenters. The largest absolute Gasteiger partial charge is 0.393 e. The summed E-state index contributed by atoms with van der Waals surface area (Å²) in [5.74, 6) is 4.27. The fraction of sp³-hybridized carbons (Fsp3) is 0.828. The van der Waals surface area contributed by atoms with E-state index >= 15 is 0 Å². The highest BCUT2D eigenvalue weighted by molar-refractivity contribution is 5.94. The maximum atomic E-state index is 13.5. The number of rotatable bonds is 5. The van der Waals surface area contributed by atoms with Crippen LogP contribution in [0.1, 0.15) is 92.9 Å². The van der Waals surface area contributed by atoms with Crippen molar-refractivity contribution in [2.75, 3.05) is 0 Å². The Morgan fingerprint density at radius 1 is 1.06 bits per heavy atom. The van der Waals surface area contributed by atoms with Crippen molar-refractivity contribution < 1.29 is 9.90 Å². The molecule has 4 rings (SSSR count). The lowest BCUT2D eigenvalue weighted by molar-refractivity contribution is -0.134. The van der Waals surface area contributed by atoms with Gasteiger partial charge in [-0.3, -0.25) is 4.79 Å². The van der Waals surface area contributed by atoms with Gasteiger partial charge in [-0.25, -0.2) is 0 Å². The summed E-state index contributed by atoms with van der Waals surface area (Å²) < 4.78 is 0. The van der Waals surface area contributed by atoms with Gasteiger partial charge < -0.3 is 5.11 Å². The van der Waals surface area contributed by atoms with Crippen LogP contribution in [0.2, 0.25) is 0 Å². The van der Waals surface area contributed by atoms with Crippen molar-refractivity contribution in [1.82, 2.24) is 0 Å². The Balaban J connectivity index is 1.57. The van der Waals surface area contributed by atoms with Gasteiger partial charge in [0.1, 0.15) is 0 Å². The number of carbonyl (C=O) groups excluding carboxylic acids is 1. The maximum Gasteiger partial charge on any atom is 0.159 e. The summed E-state index contributed by atoms with van der Waals surface area (Å²) in [6.07, 6.45) is 15.6. The predicted molar refractivity (Wildman–Crippen MR) is 129 cm³/mol. The molecule has 0 saturated heterocycles. The molecule has 0 aliphatic heterocycles. The number of carbonyl (C=O) groups is 1.